The highest BCUT2D eigenvalue weighted by molar-refractivity contribution is 8.00. The lowest BCUT2D eigenvalue weighted by Gasteiger charge is -2.11. The fourth-order valence-electron chi connectivity index (χ4n) is 1.92. The average molecular weight is 251 g/mol. The van der Waals surface area contributed by atoms with Gasteiger partial charge in [-0.15, -0.1) is 11.8 Å². The molecule has 1 heterocycles. The molecular weight excluding hydrogens is 234 g/mol. The van der Waals surface area contributed by atoms with Gasteiger partial charge in [0.05, 0.1) is 12.5 Å². The van der Waals surface area contributed by atoms with E-state index in [2.05, 4.69) is 29.6 Å². The molecule has 1 fully saturated rings. The summed E-state index contributed by atoms with van der Waals surface area (Å²) >= 11 is 1.80. The number of aryl methyl sites for hydroxylation is 1. The van der Waals surface area contributed by atoms with Crippen molar-refractivity contribution in [1.29, 1.82) is 0 Å². The fraction of sp³-hybridized carbons (Fsp3) is 0.462. The van der Waals surface area contributed by atoms with Crippen LogP contribution < -0.4 is 5.32 Å². The summed E-state index contributed by atoms with van der Waals surface area (Å²) < 4.78 is 4.73. The van der Waals surface area contributed by atoms with E-state index < -0.39 is 0 Å². The van der Waals surface area contributed by atoms with E-state index in [0.717, 1.165) is 18.6 Å². The smallest absolute Gasteiger partial charge is 0.323 e. The average Bonchev–Trinajstić information content (AvgIpc) is 2.85. The summed E-state index contributed by atoms with van der Waals surface area (Å²) in [4.78, 5) is 11.3. The summed E-state index contributed by atoms with van der Waals surface area (Å²) in [6.07, 6.45) is 2.08. The first-order valence-corrected chi connectivity index (χ1v) is 6.84. The number of esters is 1. The minimum absolute atomic E-state index is 0.134. The van der Waals surface area contributed by atoms with E-state index >= 15 is 0 Å². The molecule has 1 saturated heterocycles. The Morgan fingerprint density at radius 2 is 2.24 bits per heavy atom. The number of hydrogen-bond acceptors (Lipinski definition) is 4. The molecule has 0 amide bonds. The van der Waals surface area contributed by atoms with Gasteiger partial charge < -0.3 is 4.74 Å². The fourth-order valence-corrected chi connectivity index (χ4v) is 3.12. The lowest BCUT2D eigenvalue weighted by Crippen LogP contribution is -2.37. The topological polar surface area (TPSA) is 38.3 Å². The van der Waals surface area contributed by atoms with Gasteiger partial charge in [-0.3, -0.25) is 10.1 Å². The maximum absolute atomic E-state index is 11.3. The molecule has 0 spiro atoms. The molecule has 1 aliphatic heterocycles. The van der Waals surface area contributed by atoms with E-state index in [-0.39, 0.29) is 12.0 Å². The molecule has 1 aromatic rings. The number of methoxy groups -OCH3 is 1. The lowest BCUT2D eigenvalue weighted by atomic mass is 10.1. The van der Waals surface area contributed by atoms with Crippen molar-refractivity contribution in [2.24, 2.45) is 0 Å². The summed E-state index contributed by atoms with van der Waals surface area (Å²) in [5, 5.41) is 3.66. The van der Waals surface area contributed by atoms with E-state index in [1.807, 2.05) is 6.07 Å². The second-order valence-electron chi connectivity index (χ2n) is 4.09. The first-order valence-electron chi connectivity index (χ1n) is 5.79. The number of hydrogen-bond donors (Lipinski definition) is 1. The molecule has 92 valence electrons. The van der Waals surface area contributed by atoms with Crippen LogP contribution in [0.4, 0.5) is 0 Å². The van der Waals surface area contributed by atoms with Crippen LogP contribution in [-0.4, -0.2) is 30.2 Å². The maximum Gasteiger partial charge on any atom is 0.323 e. The van der Waals surface area contributed by atoms with E-state index in [1.165, 1.54) is 12.7 Å². The van der Waals surface area contributed by atoms with Gasteiger partial charge >= 0.3 is 5.97 Å². The standard InChI is InChI=1S/C13H17NO2S/c1-16-13(15)11-9-17-12(14-11)8-7-10-5-3-2-4-6-10/h2-6,11-12,14H,7-9H2,1H3. The Morgan fingerprint density at radius 1 is 1.47 bits per heavy atom. The van der Waals surface area contributed by atoms with Gasteiger partial charge in [-0.1, -0.05) is 30.3 Å². The summed E-state index contributed by atoms with van der Waals surface area (Å²) in [6.45, 7) is 0. The zero-order valence-corrected chi connectivity index (χ0v) is 10.7. The van der Waals surface area contributed by atoms with Crippen molar-refractivity contribution in [3.8, 4) is 0 Å². The number of thioether (sulfide) groups is 1. The van der Waals surface area contributed by atoms with Gasteiger partial charge in [0, 0.05) is 5.75 Å². The summed E-state index contributed by atoms with van der Waals surface area (Å²) in [5.41, 5.74) is 1.34. The molecule has 0 saturated carbocycles. The van der Waals surface area contributed by atoms with Crippen molar-refractivity contribution < 1.29 is 9.53 Å². The predicted molar refractivity (Wildman–Crippen MR) is 69.9 cm³/mol. The quantitative estimate of drug-likeness (QED) is 0.829. The van der Waals surface area contributed by atoms with E-state index in [4.69, 9.17) is 4.74 Å². The molecule has 17 heavy (non-hydrogen) atoms. The third-order valence-electron chi connectivity index (χ3n) is 2.87. The SMILES string of the molecule is COC(=O)C1CSC(CCc2ccccc2)N1. The molecule has 0 radical (unpaired) electrons. The highest BCUT2D eigenvalue weighted by atomic mass is 32.2. The number of ether oxygens (including phenoxy) is 1. The van der Waals surface area contributed by atoms with Crippen LogP contribution >= 0.6 is 11.8 Å². The van der Waals surface area contributed by atoms with Crippen molar-refractivity contribution in [2.75, 3.05) is 12.9 Å². The van der Waals surface area contributed by atoms with E-state index in [0.29, 0.717) is 5.37 Å². The van der Waals surface area contributed by atoms with Crippen molar-refractivity contribution in [3.05, 3.63) is 35.9 Å². The Labute approximate surface area is 106 Å². The van der Waals surface area contributed by atoms with Crippen LogP contribution in [0.15, 0.2) is 30.3 Å². The Bertz CT molecular complexity index is 369. The third-order valence-corrected chi connectivity index (χ3v) is 4.17. The summed E-state index contributed by atoms with van der Waals surface area (Å²) in [7, 11) is 1.44. The van der Waals surface area contributed by atoms with Crippen LogP contribution in [0, 0.1) is 0 Å². The molecule has 0 aliphatic carbocycles. The molecule has 1 aliphatic rings. The Hall–Kier alpha value is -1.00. The van der Waals surface area contributed by atoms with Gasteiger partial charge in [-0.25, -0.2) is 0 Å². The van der Waals surface area contributed by atoms with Crippen LogP contribution in [0.1, 0.15) is 12.0 Å². The normalized spacial score (nSPS) is 23.6. The van der Waals surface area contributed by atoms with Gasteiger partial charge in [0.15, 0.2) is 0 Å². The van der Waals surface area contributed by atoms with Gasteiger partial charge in [0.1, 0.15) is 6.04 Å². The molecule has 2 atom stereocenters. The molecule has 4 heteroatoms. The summed E-state index contributed by atoms with van der Waals surface area (Å²) in [5.74, 6) is 0.659. The van der Waals surface area contributed by atoms with Crippen LogP contribution in [0.25, 0.3) is 0 Å². The molecule has 2 rings (SSSR count). The second kappa shape index (κ2) is 6.07. The molecular formula is C13H17NO2S. The molecule has 3 nitrogen and oxygen atoms in total. The van der Waals surface area contributed by atoms with Gasteiger partial charge in [0.25, 0.3) is 0 Å². The highest BCUT2D eigenvalue weighted by Crippen LogP contribution is 2.23. The number of carbonyl (C=O) groups is 1. The van der Waals surface area contributed by atoms with Gasteiger partial charge in [0.2, 0.25) is 0 Å². The van der Waals surface area contributed by atoms with Crippen molar-refractivity contribution in [3.63, 3.8) is 0 Å². The monoisotopic (exact) mass is 251 g/mol. The zero-order valence-electron chi connectivity index (χ0n) is 9.89. The summed E-state index contributed by atoms with van der Waals surface area (Å²) in [6, 6.07) is 10.3. The second-order valence-corrected chi connectivity index (χ2v) is 5.32. The van der Waals surface area contributed by atoms with Gasteiger partial charge in [-0.2, -0.15) is 0 Å². The van der Waals surface area contributed by atoms with Crippen LogP contribution in [0.5, 0.6) is 0 Å². The predicted octanol–water partition coefficient (Wildman–Crippen LogP) is 1.82. The Balaban J connectivity index is 1.77. The van der Waals surface area contributed by atoms with E-state index in [1.54, 1.807) is 11.8 Å². The van der Waals surface area contributed by atoms with Gasteiger partial charge in [-0.05, 0) is 18.4 Å². The van der Waals surface area contributed by atoms with Crippen molar-refractivity contribution in [2.45, 2.75) is 24.3 Å². The molecule has 0 aromatic heterocycles. The van der Waals surface area contributed by atoms with Crippen LogP contribution in [0.2, 0.25) is 0 Å². The molecule has 1 N–H and O–H groups in total. The third kappa shape index (κ3) is 3.48. The Kier molecular flexibility index (Phi) is 4.45. The molecule has 0 bridgehead atoms. The number of benzene rings is 1. The minimum Gasteiger partial charge on any atom is -0.468 e. The Morgan fingerprint density at radius 3 is 2.94 bits per heavy atom. The largest absolute Gasteiger partial charge is 0.468 e. The minimum atomic E-state index is -0.153. The van der Waals surface area contributed by atoms with Crippen LogP contribution in [0.3, 0.4) is 0 Å². The zero-order chi connectivity index (χ0) is 12.1. The number of nitrogens with one attached hydrogen (secondary N) is 1. The first-order chi connectivity index (χ1) is 8.29. The highest BCUT2D eigenvalue weighted by Gasteiger charge is 2.29. The van der Waals surface area contributed by atoms with Crippen molar-refractivity contribution in [1.82, 2.24) is 5.32 Å². The number of carbonyl (C=O) groups excluding carboxylic acids is 1. The molecule has 1 aromatic carbocycles. The number of rotatable bonds is 4. The lowest BCUT2D eigenvalue weighted by molar-refractivity contribution is -0.142. The van der Waals surface area contributed by atoms with Crippen molar-refractivity contribution >= 4 is 17.7 Å². The maximum atomic E-state index is 11.3. The van der Waals surface area contributed by atoms with E-state index in [9.17, 15) is 4.79 Å². The van der Waals surface area contributed by atoms with Crippen LogP contribution in [-0.2, 0) is 16.0 Å². The first kappa shape index (κ1) is 12.5. The molecule has 2 unspecified atom stereocenters.